The predicted molar refractivity (Wildman–Crippen MR) is 75.7 cm³/mol. The smallest absolute Gasteiger partial charge is 0.141 e. The number of hydrogen-bond donors (Lipinski definition) is 0. The molecule has 0 bridgehead atoms. The Hall–Kier alpha value is -1.17. The third-order valence-corrected chi connectivity index (χ3v) is 3.96. The molecule has 86 valence electrons. The number of nitrogens with zero attached hydrogens (tertiary/aromatic N) is 2. The third kappa shape index (κ3) is 1.71. The molecule has 2 heterocycles. The molecule has 0 aliphatic carbocycles. The van der Waals surface area contributed by atoms with E-state index in [9.17, 15) is 0 Å². The Morgan fingerprint density at radius 1 is 1.29 bits per heavy atom. The molecule has 0 N–H and O–H groups in total. The summed E-state index contributed by atoms with van der Waals surface area (Å²) in [6.07, 6.45) is 0. The Bertz CT molecular complexity index is 609. The van der Waals surface area contributed by atoms with Gasteiger partial charge in [-0.1, -0.05) is 17.3 Å². The van der Waals surface area contributed by atoms with Crippen molar-refractivity contribution in [3.63, 3.8) is 0 Å². The molecule has 1 aliphatic rings. The summed E-state index contributed by atoms with van der Waals surface area (Å²) in [6.45, 7) is 4.70. The highest BCUT2D eigenvalue weighted by molar-refractivity contribution is 14.1. The Morgan fingerprint density at radius 3 is 2.82 bits per heavy atom. The number of fused-ring (bicyclic) bond motifs is 1. The van der Waals surface area contributed by atoms with Crippen LogP contribution in [0.3, 0.4) is 0 Å². The molecule has 0 saturated heterocycles. The molecule has 0 atom stereocenters. The number of aliphatic imine (C=N–C) groups is 1. The van der Waals surface area contributed by atoms with Crippen LogP contribution in [0.5, 0.6) is 0 Å². The predicted octanol–water partition coefficient (Wildman–Crippen LogP) is 3.65. The van der Waals surface area contributed by atoms with Gasteiger partial charge in [-0.05, 0) is 53.6 Å². The van der Waals surface area contributed by atoms with Gasteiger partial charge in [-0.2, -0.15) is 0 Å². The summed E-state index contributed by atoms with van der Waals surface area (Å²) in [5.74, 6) is 0.871. The molecule has 2 aromatic rings. The maximum atomic E-state index is 5.21. The van der Waals surface area contributed by atoms with E-state index < -0.39 is 0 Å². The van der Waals surface area contributed by atoms with Gasteiger partial charge in [0.25, 0.3) is 0 Å². The average molecular weight is 338 g/mol. The summed E-state index contributed by atoms with van der Waals surface area (Å²) in [7, 11) is 0. The molecule has 0 spiro atoms. The number of halogens is 1. The van der Waals surface area contributed by atoms with Crippen LogP contribution in [0.4, 0.5) is 0 Å². The van der Waals surface area contributed by atoms with Gasteiger partial charge >= 0.3 is 0 Å². The van der Waals surface area contributed by atoms with Crippen LogP contribution in [0.25, 0.3) is 11.1 Å². The fraction of sp³-hybridized carbons (Fsp3) is 0.231. The lowest BCUT2D eigenvalue weighted by Gasteiger charge is -2.04. The second-order valence-corrected chi connectivity index (χ2v) is 5.20. The lowest BCUT2D eigenvalue weighted by atomic mass is 9.99. The summed E-state index contributed by atoms with van der Waals surface area (Å²) in [4.78, 5) is 4.44. The number of rotatable bonds is 1. The molecule has 0 fully saturated rings. The van der Waals surface area contributed by atoms with E-state index in [4.69, 9.17) is 4.52 Å². The van der Waals surface area contributed by atoms with Gasteiger partial charge in [0.15, 0.2) is 0 Å². The molecule has 0 saturated carbocycles. The fourth-order valence-corrected chi connectivity index (χ4v) is 2.91. The molecular formula is C13H11IN2O. The van der Waals surface area contributed by atoms with Crippen LogP contribution in [0, 0.1) is 13.8 Å². The van der Waals surface area contributed by atoms with Gasteiger partial charge in [0.05, 0.1) is 12.2 Å². The third-order valence-electron chi connectivity index (χ3n) is 3.04. The molecule has 3 nitrogen and oxygen atoms in total. The maximum Gasteiger partial charge on any atom is 0.141 e. The monoisotopic (exact) mass is 338 g/mol. The second-order valence-electron chi connectivity index (χ2n) is 4.18. The zero-order chi connectivity index (χ0) is 12.0. The van der Waals surface area contributed by atoms with E-state index in [1.54, 1.807) is 0 Å². The highest BCUT2D eigenvalue weighted by Gasteiger charge is 2.17. The van der Waals surface area contributed by atoms with Gasteiger partial charge in [0.2, 0.25) is 0 Å². The number of aromatic nitrogens is 1. The minimum atomic E-state index is 0.783. The largest absolute Gasteiger partial charge is 0.361 e. The van der Waals surface area contributed by atoms with Crippen molar-refractivity contribution in [2.75, 3.05) is 0 Å². The second kappa shape index (κ2) is 3.94. The van der Waals surface area contributed by atoms with Crippen molar-refractivity contribution in [1.82, 2.24) is 5.16 Å². The molecule has 3 rings (SSSR count). The first-order valence-electron chi connectivity index (χ1n) is 5.43. The summed E-state index contributed by atoms with van der Waals surface area (Å²) < 4.78 is 6.31. The number of hydrogen-bond acceptors (Lipinski definition) is 3. The zero-order valence-corrected chi connectivity index (χ0v) is 11.8. The van der Waals surface area contributed by atoms with Crippen molar-refractivity contribution < 1.29 is 4.52 Å². The van der Waals surface area contributed by atoms with Crippen molar-refractivity contribution in [3.8, 4) is 11.1 Å². The lowest BCUT2D eigenvalue weighted by molar-refractivity contribution is 0.393. The SMILES string of the molecule is Cc1noc(C)c1-c1ccc2c(c1)CN=C2I. The molecule has 4 heteroatoms. The van der Waals surface area contributed by atoms with E-state index >= 15 is 0 Å². The highest BCUT2D eigenvalue weighted by atomic mass is 127. The first-order chi connectivity index (χ1) is 8.16. The first kappa shape index (κ1) is 11.0. The van der Waals surface area contributed by atoms with E-state index in [0.717, 1.165) is 27.3 Å². The minimum Gasteiger partial charge on any atom is -0.361 e. The summed E-state index contributed by atoms with van der Waals surface area (Å²) in [5, 5.41) is 4.00. The van der Waals surface area contributed by atoms with E-state index in [0.29, 0.717) is 0 Å². The van der Waals surface area contributed by atoms with Crippen molar-refractivity contribution in [2.45, 2.75) is 20.4 Å². The van der Waals surface area contributed by atoms with Crippen LogP contribution in [0.2, 0.25) is 0 Å². The van der Waals surface area contributed by atoms with Gasteiger partial charge in [-0.25, -0.2) is 0 Å². The van der Waals surface area contributed by atoms with Gasteiger partial charge < -0.3 is 4.52 Å². The number of aryl methyl sites for hydroxylation is 2. The fourth-order valence-electron chi connectivity index (χ4n) is 2.22. The Labute approximate surface area is 113 Å². The molecular weight excluding hydrogens is 327 g/mol. The van der Waals surface area contributed by atoms with Crippen LogP contribution in [0.15, 0.2) is 27.7 Å². The van der Waals surface area contributed by atoms with Gasteiger partial charge in [0, 0.05) is 11.1 Å². The maximum absolute atomic E-state index is 5.21. The highest BCUT2D eigenvalue weighted by Crippen LogP contribution is 2.31. The standard InChI is InChI=1S/C13H11IN2O/c1-7-12(8(2)17-16-7)9-3-4-11-10(5-9)6-15-13(11)14/h3-5H,6H2,1-2H3. The average Bonchev–Trinajstić information content (AvgIpc) is 2.83. The van der Waals surface area contributed by atoms with Gasteiger partial charge in [-0.3, -0.25) is 4.99 Å². The van der Waals surface area contributed by atoms with E-state index in [2.05, 4.69) is 50.9 Å². The quantitative estimate of drug-likeness (QED) is 0.745. The molecule has 0 unspecified atom stereocenters. The van der Waals surface area contributed by atoms with E-state index in [1.165, 1.54) is 16.7 Å². The summed E-state index contributed by atoms with van der Waals surface area (Å²) >= 11 is 2.28. The van der Waals surface area contributed by atoms with Crippen LogP contribution < -0.4 is 0 Å². The first-order valence-corrected chi connectivity index (χ1v) is 6.51. The molecule has 17 heavy (non-hydrogen) atoms. The van der Waals surface area contributed by atoms with Crippen molar-refractivity contribution >= 4 is 26.3 Å². The van der Waals surface area contributed by atoms with E-state index in [1.807, 2.05) is 13.8 Å². The summed E-state index contributed by atoms with van der Waals surface area (Å²) in [5.41, 5.74) is 5.75. The van der Waals surface area contributed by atoms with Gasteiger partial charge in [0.1, 0.15) is 9.48 Å². The molecule has 1 aromatic heterocycles. The van der Waals surface area contributed by atoms with Crippen molar-refractivity contribution in [2.24, 2.45) is 4.99 Å². The van der Waals surface area contributed by atoms with Crippen LogP contribution in [-0.4, -0.2) is 8.88 Å². The molecule has 1 aliphatic heterocycles. The number of benzene rings is 1. The van der Waals surface area contributed by atoms with Crippen molar-refractivity contribution in [3.05, 3.63) is 40.8 Å². The van der Waals surface area contributed by atoms with E-state index in [-0.39, 0.29) is 0 Å². The normalized spacial score (nSPS) is 13.7. The topological polar surface area (TPSA) is 38.4 Å². The molecule has 0 radical (unpaired) electrons. The van der Waals surface area contributed by atoms with Crippen LogP contribution in [0.1, 0.15) is 22.6 Å². The lowest BCUT2D eigenvalue weighted by Crippen LogP contribution is -1.90. The molecule has 1 aromatic carbocycles. The zero-order valence-electron chi connectivity index (χ0n) is 9.62. The minimum absolute atomic E-state index is 0.783. The van der Waals surface area contributed by atoms with Crippen LogP contribution in [-0.2, 0) is 6.54 Å². The van der Waals surface area contributed by atoms with Gasteiger partial charge in [-0.15, -0.1) is 0 Å². The summed E-state index contributed by atoms with van der Waals surface area (Å²) in [6, 6.07) is 6.44. The van der Waals surface area contributed by atoms with Crippen LogP contribution >= 0.6 is 22.6 Å². The Kier molecular flexibility index (Phi) is 2.54. The Morgan fingerprint density at radius 2 is 2.12 bits per heavy atom. The Balaban J connectivity index is 2.13. The molecule has 0 amide bonds. The van der Waals surface area contributed by atoms with Crippen molar-refractivity contribution in [1.29, 1.82) is 0 Å².